The van der Waals surface area contributed by atoms with E-state index >= 15 is 0 Å². The lowest BCUT2D eigenvalue weighted by atomic mass is 9.72. The second-order valence-corrected chi connectivity index (χ2v) is 7.24. The minimum absolute atomic E-state index is 0.152. The summed E-state index contributed by atoms with van der Waals surface area (Å²) in [5.41, 5.74) is 3.69. The van der Waals surface area contributed by atoms with Gasteiger partial charge in [-0.25, -0.2) is 9.59 Å². The van der Waals surface area contributed by atoms with Crippen LogP contribution in [0, 0.1) is 0 Å². The Labute approximate surface area is 154 Å². The third-order valence-corrected chi connectivity index (χ3v) is 4.89. The third-order valence-electron chi connectivity index (χ3n) is 4.89. The van der Waals surface area contributed by atoms with Crippen molar-refractivity contribution in [2.24, 2.45) is 0 Å². The summed E-state index contributed by atoms with van der Waals surface area (Å²) in [6, 6.07) is 12.2. The first-order valence-corrected chi connectivity index (χ1v) is 9.03. The van der Waals surface area contributed by atoms with E-state index in [2.05, 4.69) is 19.9 Å². The molecular formula is C22H24O4. The van der Waals surface area contributed by atoms with Gasteiger partial charge in [-0.05, 0) is 79.1 Å². The molecule has 4 nitrogen and oxygen atoms in total. The molecule has 0 saturated heterocycles. The molecule has 0 aliphatic heterocycles. The lowest BCUT2D eigenvalue weighted by Crippen LogP contribution is -2.24. The molecule has 0 aromatic heterocycles. The predicted octanol–water partition coefficient (Wildman–Crippen LogP) is 4.70. The summed E-state index contributed by atoms with van der Waals surface area (Å²) < 4.78 is 10.4. The van der Waals surface area contributed by atoms with Gasteiger partial charge in [0.25, 0.3) is 0 Å². The van der Waals surface area contributed by atoms with Crippen molar-refractivity contribution < 1.29 is 19.1 Å². The van der Waals surface area contributed by atoms with Crippen molar-refractivity contribution in [2.75, 3.05) is 6.61 Å². The molecule has 0 unspecified atom stereocenters. The topological polar surface area (TPSA) is 52.6 Å². The molecule has 0 bridgehead atoms. The zero-order chi connectivity index (χ0) is 18.7. The Morgan fingerprint density at radius 3 is 2.38 bits per heavy atom. The molecule has 0 heterocycles. The number of hydrogen-bond donors (Lipinski definition) is 0. The van der Waals surface area contributed by atoms with Crippen LogP contribution in [-0.2, 0) is 16.6 Å². The van der Waals surface area contributed by atoms with Crippen molar-refractivity contribution in [1.82, 2.24) is 0 Å². The molecule has 136 valence electrons. The summed E-state index contributed by atoms with van der Waals surface area (Å²) in [6.07, 6.45) is 3.29. The minimum atomic E-state index is -0.389. The zero-order valence-electron chi connectivity index (χ0n) is 15.5. The number of benzene rings is 2. The molecule has 0 amide bonds. The fourth-order valence-corrected chi connectivity index (χ4v) is 3.48. The molecule has 0 saturated carbocycles. The lowest BCUT2D eigenvalue weighted by molar-refractivity contribution is 0.0526. The largest absolute Gasteiger partial charge is 0.462 e. The summed E-state index contributed by atoms with van der Waals surface area (Å²) in [5.74, 6) is -0.371. The van der Waals surface area contributed by atoms with Gasteiger partial charge in [-0.3, -0.25) is 0 Å². The number of esters is 2. The Balaban J connectivity index is 1.73. The monoisotopic (exact) mass is 352 g/mol. The molecule has 26 heavy (non-hydrogen) atoms. The molecule has 0 radical (unpaired) electrons. The van der Waals surface area contributed by atoms with Crippen LogP contribution in [0.4, 0.5) is 0 Å². The first kappa shape index (κ1) is 18.2. The predicted molar refractivity (Wildman–Crippen MR) is 99.8 cm³/mol. The Bertz CT molecular complexity index is 819. The first-order valence-electron chi connectivity index (χ1n) is 9.03. The maximum Gasteiger partial charge on any atom is 0.343 e. The number of hydrogen-bond acceptors (Lipinski definition) is 4. The van der Waals surface area contributed by atoms with E-state index in [0.29, 0.717) is 23.5 Å². The summed E-state index contributed by atoms with van der Waals surface area (Å²) in [7, 11) is 0. The molecule has 1 aliphatic rings. The van der Waals surface area contributed by atoms with Gasteiger partial charge in [0.2, 0.25) is 0 Å². The normalized spacial score (nSPS) is 15.0. The second kappa shape index (κ2) is 7.32. The third kappa shape index (κ3) is 3.79. The number of fused-ring (bicyclic) bond motifs is 1. The van der Waals surface area contributed by atoms with E-state index in [1.165, 1.54) is 11.1 Å². The average molecular weight is 352 g/mol. The second-order valence-electron chi connectivity index (χ2n) is 7.24. The van der Waals surface area contributed by atoms with Crippen LogP contribution >= 0.6 is 0 Å². The van der Waals surface area contributed by atoms with Crippen molar-refractivity contribution >= 4 is 11.9 Å². The number of carbonyl (C=O) groups excluding carboxylic acids is 2. The van der Waals surface area contributed by atoms with Crippen molar-refractivity contribution in [3.05, 3.63) is 64.7 Å². The fraction of sp³-hybridized carbons (Fsp3) is 0.364. The molecule has 0 fully saturated rings. The summed E-state index contributed by atoms with van der Waals surface area (Å²) >= 11 is 0. The van der Waals surface area contributed by atoms with Crippen molar-refractivity contribution in [1.29, 1.82) is 0 Å². The van der Waals surface area contributed by atoms with Gasteiger partial charge in [0, 0.05) is 0 Å². The first-order chi connectivity index (χ1) is 12.4. The number of ether oxygens (including phenoxy) is 2. The fourth-order valence-electron chi connectivity index (χ4n) is 3.48. The molecular weight excluding hydrogens is 328 g/mol. The van der Waals surface area contributed by atoms with Gasteiger partial charge in [0.05, 0.1) is 17.7 Å². The van der Waals surface area contributed by atoms with Crippen LogP contribution < -0.4 is 4.74 Å². The quantitative estimate of drug-likeness (QED) is 0.591. The van der Waals surface area contributed by atoms with Crippen LogP contribution in [0.1, 0.15) is 65.5 Å². The zero-order valence-corrected chi connectivity index (χ0v) is 15.5. The minimum Gasteiger partial charge on any atom is -0.462 e. The lowest BCUT2D eigenvalue weighted by Gasteiger charge is -2.32. The van der Waals surface area contributed by atoms with E-state index in [9.17, 15) is 9.59 Å². The molecule has 3 rings (SSSR count). The highest BCUT2D eigenvalue weighted by molar-refractivity contribution is 5.92. The van der Waals surface area contributed by atoms with E-state index in [1.807, 2.05) is 12.1 Å². The standard InChI is InChI=1S/C22H24O4/c1-4-25-20(23)15-7-10-18(11-8-15)26-21(24)17-9-12-19-16(14-17)6-5-13-22(19,2)3/h7-12,14H,4-6,13H2,1-3H3. The van der Waals surface area contributed by atoms with Gasteiger partial charge in [0.1, 0.15) is 5.75 Å². The Kier molecular flexibility index (Phi) is 5.12. The number of rotatable bonds is 4. The number of carbonyl (C=O) groups is 2. The van der Waals surface area contributed by atoms with Gasteiger partial charge >= 0.3 is 11.9 Å². The Hall–Kier alpha value is -2.62. The van der Waals surface area contributed by atoms with Gasteiger partial charge in [-0.1, -0.05) is 19.9 Å². The van der Waals surface area contributed by atoms with Crippen LogP contribution in [0.15, 0.2) is 42.5 Å². The van der Waals surface area contributed by atoms with Gasteiger partial charge in [-0.2, -0.15) is 0 Å². The smallest absolute Gasteiger partial charge is 0.343 e. The molecule has 0 atom stereocenters. The SMILES string of the molecule is CCOC(=O)c1ccc(OC(=O)c2ccc3c(c2)CCCC3(C)C)cc1. The maximum absolute atomic E-state index is 12.5. The maximum atomic E-state index is 12.5. The van der Waals surface area contributed by atoms with E-state index in [-0.39, 0.29) is 17.4 Å². The molecule has 0 spiro atoms. The van der Waals surface area contributed by atoms with Crippen LogP contribution in [0.3, 0.4) is 0 Å². The molecule has 4 heteroatoms. The Morgan fingerprint density at radius 2 is 1.69 bits per heavy atom. The van der Waals surface area contributed by atoms with E-state index in [1.54, 1.807) is 31.2 Å². The van der Waals surface area contributed by atoms with Crippen molar-refractivity contribution in [3.8, 4) is 5.75 Å². The summed E-state index contributed by atoms with van der Waals surface area (Å²) in [4.78, 5) is 24.1. The van der Waals surface area contributed by atoms with Crippen molar-refractivity contribution in [3.63, 3.8) is 0 Å². The van der Waals surface area contributed by atoms with Crippen LogP contribution in [-0.4, -0.2) is 18.5 Å². The van der Waals surface area contributed by atoms with Crippen molar-refractivity contribution in [2.45, 2.75) is 45.4 Å². The summed E-state index contributed by atoms with van der Waals surface area (Å²) in [5, 5.41) is 0. The molecule has 2 aromatic rings. The van der Waals surface area contributed by atoms with Crippen LogP contribution in [0.25, 0.3) is 0 Å². The summed E-state index contributed by atoms with van der Waals surface area (Å²) in [6.45, 7) is 6.57. The highest BCUT2D eigenvalue weighted by atomic mass is 16.5. The van der Waals surface area contributed by atoms with Gasteiger partial charge in [-0.15, -0.1) is 0 Å². The van der Waals surface area contributed by atoms with Gasteiger partial charge in [0.15, 0.2) is 0 Å². The van der Waals surface area contributed by atoms with Crippen LogP contribution in [0.2, 0.25) is 0 Å². The highest BCUT2D eigenvalue weighted by Crippen LogP contribution is 2.37. The average Bonchev–Trinajstić information content (AvgIpc) is 2.62. The number of aryl methyl sites for hydroxylation is 1. The Morgan fingerprint density at radius 1 is 1.00 bits per heavy atom. The highest BCUT2D eigenvalue weighted by Gasteiger charge is 2.27. The molecule has 0 N–H and O–H groups in total. The van der Waals surface area contributed by atoms with E-state index in [4.69, 9.17) is 9.47 Å². The molecule has 2 aromatic carbocycles. The molecule has 1 aliphatic carbocycles. The van der Waals surface area contributed by atoms with Crippen LogP contribution in [0.5, 0.6) is 5.75 Å². The van der Waals surface area contributed by atoms with Gasteiger partial charge < -0.3 is 9.47 Å². The van der Waals surface area contributed by atoms with E-state index in [0.717, 1.165) is 19.3 Å². The van der Waals surface area contributed by atoms with E-state index < -0.39 is 0 Å².